The van der Waals surface area contributed by atoms with Crippen molar-refractivity contribution in [3.8, 4) is 0 Å². The zero-order valence-corrected chi connectivity index (χ0v) is 9.97. The van der Waals surface area contributed by atoms with Gasteiger partial charge in [0.15, 0.2) is 0 Å². The molecule has 2 unspecified atom stereocenters. The monoisotopic (exact) mass is 219 g/mol. The van der Waals surface area contributed by atoms with E-state index in [1.807, 2.05) is 18.5 Å². The highest BCUT2D eigenvalue weighted by Gasteiger charge is 2.23. The molecule has 3 nitrogen and oxygen atoms in total. The average Bonchev–Trinajstić information content (AvgIpc) is 2.31. The summed E-state index contributed by atoms with van der Waals surface area (Å²) in [5.41, 5.74) is 7.16. The first-order valence-electron chi connectivity index (χ1n) is 6.15. The van der Waals surface area contributed by atoms with Crippen molar-refractivity contribution >= 4 is 0 Å². The van der Waals surface area contributed by atoms with Crippen molar-refractivity contribution in [2.75, 3.05) is 19.6 Å². The van der Waals surface area contributed by atoms with Crippen molar-refractivity contribution in [2.24, 2.45) is 11.7 Å². The summed E-state index contributed by atoms with van der Waals surface area (Å²) in [6, 6.07) is 4.46. The van der Waals surface area contributed by atoms with Gasteiger partial charge in [0.25, 0.3) is 0 Å². The molecule has 16 heavy (non-hydrogen) atoms. The third-order valence-electron chi connectivity index (χ3n) is 3.42. The molecule has 1 aromatic heterocycles. The third-order valence-corrected chi connectivity index (χ3v) is 3.42. The summed E-state index contributed by atoms with van der Waals surface area (Å²) in [6.45, 7) is 5.33. The zero-order valence-electron chi connectivity index (χ0n) is 9.97. The van der Waals surface area contributed by atoms with Gasteiger partial charge in [-0.15, -0.1) is 0 Å². The molecule has 0 spiro atoms. The van der Waals surface area contributed by atoms with Gasteiger partial charge in [-0.3, -0.25) is 9.88 Å². The smallest absolute Gasteiger partial charge is 0.0485 e. The molecule has 2 rings (SSSR count). The molecule has 88 valence electrons. The molecule has 0 radical (unpaired) electrons. The molecule has 1 aromatic rings. The molecule has 0 aliphatic carbocycles. The van der Waals surface area contributed by atoms with Crippen molar-refractivity contribution in [1.29, 1.82) is 0 Å². The van der Waals surface area contributed by atoms with Gasteiger partial charge in [-0.25, -0.2) is 0 Å². The van der Waals surface area contributed by atoms with Crippen LogP contribution in [-0.4, -0.2) is 29.5 Å². The maximum Gasteiger partial charge on any atom is 0.0485 e. The molecule has 1 aliphatic rings. The summed E-state index contributed by atoms with van der Waals surface area (Å²) < 4.78 is 0. The second kappa shape index (κ2) is 5.41. The van der Waals surface area contributed by atoms with Crippen LogP contribution in [0.3, 0.4) is 0 Å². The first-order chi connectivity index (χ1) is 7.81. The van der Waals surface area contributed by atoms with E-state index in [0.717, 1.165) is 12.5 Å². The summed E-state index contributed by atoms with van der Waals surface area (Å²) in [6.07, 6.45) is 6.39. The molecule has 2 heterocycles. The second-order valence-corrected chi connectivity index (χ2v) is 4.78. The second-order valence-electron chi connectivity index (χ2n) is 4.78. The first kappa shape index (κ1) is 11.6. The van der Waals surface area contributed by atoms with E-state index in [4.69, 9.17) is 5.73 Å². The number of likely N-dealkylation sites (tertiary alicyclic amines) is 1. The molecule has 3 heteroatoms. The molecule has 1 fully saturated rings. The van der Waals surface area contributed by atoms with Crippen LogP contribution in [0, 0.1) is 5.92 Å². The minimum atomic E-state index is 0.344. The van der Waals surface area contributed by atoms with Gasteiger partial charge in [0.2, 0.25) is 0 Å². The Hall–Kier alpha value is -0.930. The highest BCUT2D eigenvalue weighted by Crippen LogP contribution is 2.25. The Morgan fingerprint density at radius 3 is 3.12 bits per heavy atom. The summed E-state index contributed by atoms with van der Waals surface area (Å²) in [5, 5.41) is 0. The van der Waals surface area contributed by atoms with E-state index in [1.165, 1.54) is 24.9 Å². The van der Waals surface area contributed by atoms with E-state index in [-0.39, 0.29) is 0 Å². The Bertz CT molecular complexity index is 312. The van der Waals surface area contributed by atoms with Crippen LogP contribution in [0.2, 0.25) is 0 Å². The van der Waals surface area contributed by atoms with Crippen LogP contribution in [0.1, 0.15) is 31.4 Å². The summed E-state index contributed by atoms with van der Waals surface area (Å²) in [4.78, 5) is 6.69. The number of pyridine rings is 1. The van der Waals surface area contributed by atoms with Gasteiger partial charge in [0.1, 0.15) is 0 Å². The van der Waals surface area contributed by atoms with Gasteiger partial charge in [0, 0.05) is 31.5 Å². The van der Waals surface area contributed by atoms with Gasteiger partial charge in [-0.2, -0.15) is 0 Å². The van der Waals surface area contributed by atoms with E-state index in [2.05, 4.69) is 22.9 Å². The van der Waals surface area contributed by atoms with Gasteiger partial charge < -0.3 is 5.73 Å². The molecule has 2 atom stereocenters. The van der Waals surface area contributed by atoms with E-state index >= 15 is 0 Å². The Morgan fingerprint density at radius 2 is 2.50 bits per heavy atom. The van der Waals surface area contributed by atoms with Crippen molar-refractivity contribution in [3.63, 3.8) is 0 Å². The Kier molecular flexibility index (Phi) is 3.91. The highest BCUT2D eigenvalue weighted by molar-refractivity contribution is 5.14. The van der Waals surface area contributed by atoms with Crippen LogP contribution in [0.25, 0.3) is 0 Å². The van der Waals surface area contributed by atoms with E-state index in [0.29, 0.717) is 12.6 Å². The lowest BCUT2D eigenvalue weighted by molar-refractivity contribution is 0.133. The summed E-state index contributed by atoms with van der Waals surface area (Å²) in [5.74, 6) is 0.791. The molecular weight excluding hydrogens is 198 g/mol. The van der Waals surface area contributed by atoms with Crippen LogP contribution in [0.15, 0.2) is 24.5 Å². The van der Waals surface area contributed by atoms with Crippen molar-refractivity contribution in [1.82, 2.24) is 9.88 Å². The van der Waals surface area contributed by atoms with E-state index < -0.39 is 0 Å². The number of nitrogens with two attached hydrogens (primary N) is 1. The van der Waals surface area contributed by atoms with E-state index in [9.17, 15) is 0 Å². The normalized spacial score (nSPS) is 24.2. The molecule has 0 bridgehead atoms. The van der Waals surface area contributed by atoms with Gasteiger partial charge in [0.05, 0.1) is 0 Å². The minimum absolute atomic E-state index is 0.344. The van der Waals surface area contributed by atoms with Crippen molar-refractivity contribution < 1.29 is 0 Å². The number of piperidine rings is 1. The van der Waals surface area contributed by atoms with Crippen LogP contribution in [0.5, 0.6) is 0 Å². The van der Waals surface area contributed by atoms with Gasteiger partial charge in [-0.05, 0) is 36.9 Å². The molecule has 1 saturated heterocycles. The van der Waals surface area contributed by atoms with Crippen molar-refractivity contribution in [3.05, 3.63) is 30.1 Å². The summed E-state index contributed by atoms with van der Waals surface area (Å²) in [7, 11) is 0. The quantitative estimate of drug-likeness (QED) is 0.843. The van der Waals surface area contributed by atoms with Crippen LogP contribution in [-0.2, 0) is 0 Å². The number of nitrogens with zero attached hydrogens (tertiary/aromatic N) is 2. The highest BCUT2D eigenvalue weighted by atomic mass is 15.2. The van der Waals surface area contributed by atoms with Crippen molar-refractivity contribution in [2.45, 2.75) is 25.8 Å². The maximum absolute atomic E-state index is 5.91. The van der Waals surface area contributed by atoms with Crippen LogP contribution in [0.4, 0.5) is 0 Å². The Balaban J connectivity index is 2.10. The fourth-order valence-electron chi connectivity index (χ4n) is 2.58. The number of hydrogen-bond acceptors (Lipinski definition) is 3. The predicted octanol–water partition coefficient (Wildman–Crippen LogP) is 1.81. The average molecular weight is 219 g/mol. The van der Waals surface area contributed by atoms with Crippen LogP contribution < -0.4 is 5.73 Å². The molecule has 2 N–H and O–H groups in total. The van der Waals surface area contributed by atoms with Gasteiger partial charge in [-0.1, -0.05) is 13.0 Å². The SMILES string of the molecule is CC1CCCN(C(CN)c2cccnc2)C1. The van der Waals surface area contributed by atoms with Crippen LogP contribution >= 0.6 is 0 Å². The zero-order chi connectivity index (χ0) is 11.4. The minimum Gasteiger partial charge on any atom is -0.329 e. The largest absolute Gasteiger partial charge is 0.329 e. The molecule has 0 aromatic carbocycles. The lowest BCUT2D eigenvalue weighted by atomic mass is 9.97. The van der Waals surface area contributed by atoms with Gasteiger partial charge >= 0.3 is 0 Å². The summed E-state index contributed by atoms with van der Waals surface area (Å²) >= 11 is 0. The maximum atomic E-state index is 5.91. The lowest BCUT2D eigenvalue weighted by Gasteiger charge is -2.36. The molecule has 0 saturated carbocycles. The van der Waals surface area contributed by atoms with E-state index in [1.54, 1.807) is 0 Å². The molecule has 1 aliphatic heterocycles. The Morgan fingerprint density at radius 1 is 1.62 bits per heavy atom. The number of hydrogen-bond donors (Lipinski definition) is 1. The lowest BCUT2D eigenvalue weighted by Crippen LogP contribution is -2.40. The number of aromatic nitrogens is 1. The first-order valence-corrected chi connectivity index (χ1v) is 6.15. The molecule has 0 amide bonds. The fraction of sp³-hybridized carbons (Fsp3) is 0.615. The molecular formula is C13H21N3. The third kappa shape index (κ3) is 2.60. The standard InChI is InChI=1S/C13H21N3/c1-11-4-3-7-16(10-11)13(8-14)12-5-2-6-15-9-12/h2,5-6,9,11,13H,3-4,7-8,10,14H2,1H3. The Labute approximate surface area is 97.7 Å². The fourth-order valence-corrected chi connectivity index (χ4v) is 2.58. The number of rotatable bonds is 3. The topological polar surface area (TPSA) is 42.1 Å². The predicted molar refractivity (Wildman–Crippen MR) is 66.0 cm³/mol.